The Hall–Kier alpha value is -2.95. The second kappa shape index (κ2) is 7.75. The number of carbonyl (C=O) groups excluding carboxylic acids is 1. The van der Waals surface area contributed by atoms with Crippen molar-refractivity contribution < 1.29 is 4.79 Å². The van der Waals surface area contributed by atoms with Gasteiger partial charge in [0.1, 0.15) is 0 Å². The van der Waals surface area contributed by atoms with Crippen molar-refractivity contribution >= 4 is 23.0 Å². The molecule has 0 spiro atoms. The predicted molar refractivity (Wildman–Crippen MR) is 102 cm³/mol. The molecule has 1 N–H and O–H groups in total. The lowest BCUT2D eigenvalue weighted by Crippen LogP contribution is -2.22. The van der Waals surface area contributed by atoms with Crippen LogP contribution < -0.4 is 10.3 Å². The van der Waals surface area contributed by atoms with Crippen LogP contribution >= 0.6 is 0 Å². The van der Waals surface area contributed by atoms with Crippen LogP contribution in [0.3, 0.4) is 0 Å². The first kappa shape index (κ1) is 16.9. The fourth-order valence-electron chi connectivity index (χ4n) is 2.80. The van der Waals surface area contributed by atoms with Crippen LogP contribution in [0, 0.1) is 0 Å². The van der Waals surface area contributed by atoms with Gasteiger partial charge in [-0.15, -0.1) is 0 Å². The van der Waals surface area contributed by atoms with Gasteiger partial charge in [-0.1, -0.05) is 38.5 Å². The summed E-state index contributed by atoms with van der Waals surface area (Å²) in [5.41, 5.74) is 4.38. The highest BCUT2D eigenvalue weighted by Crippen LogP contribution is 2.25. The highest BCUT2D eigenvalue weighted by atomic mass is 16.2. The normalized spacial score (nSPS) is 15.6. The Labute approximate surface area is 148 Å². The number of aromatic nitrogens is 1. The molecule has 0 radical (unpaired) electrons. The number of carbonyl (C=O) groups is 1. The van der Waals surface area contributed by atoms with Crippen molar-refractivity contribution in [2.24, 2.45) is 5.10 Å². The van der Waals surface area contributed by atoms with E-state index >= 15 is 0 Å². The van der Waals surface area contributed by atoms with Gasteiger partial charge < -0.3 is 5.32 Å². The molecule has 1 aromatic carbocycles. The van der Waals surface area contributed by atoms with E-state index in [2.05, 4.69) is 35.3 Å². The third-order valence-electron chi connectivity index (χ3n) is 4.12. The number of rotatable bonds is 6. The topological polar surface area (TPSA) is 57.6 Å². The molecule has 2 aromatic rings. The van der Waals surface area contributed by atoms with E-state index in [-0.39, 0.29) is 5.91 Å². The van der Waals surface area contributed by atoms with Gasteiger partial charge >= 0.3 is 0 Å². The van der Waals surface area contributed by atoms with Gasteiger partial charge in [0.25, 0.3) is 5.91 Å². The minimum Gasteiger partial charge on any atom is -0.361 e. The number of pyridine rings is 1. The smallest absolute Gasteiger partial charge is 0.282 e. The Balaban J connectivity index is 1.89. The van der Waals surface area contributed by atoms with Crippen LogP contribution in [0.15, 0.2) is 65.7 Å². The molecule has 1 aliphatic rings. The van der Waals surface area contributed by atoms with Crippen LogP contribution in [-0.2, 0) is 11.2 Å². The zero-order chi connectivity index (χ0) is 17.6. The van der Waals surface area contributed by atoms with Crippen molar-refractivity contribution in [1.29, 1.82) is 0 Å². The largest absolute Gasteiger partial charge is 0.361 e. The molecule has 1 amide bonds. The molecule has 2 heterocycles. The van der Waals surface area contributed by atoms with E-state index in [1.54, 1.807) is 30.7 Å². The fourth-order valence-corrected chi connectivity index (χ4v) is 2.80. The molecule has 0 bridgehead atoms. The van der Waals surface area contributed by atoms with Crippen LogP contribution in [0.25, 0.3) is 0 Å². The Morgan fingerprint density at radius 1 is 1.12 bits per heavy atom. The summed E-state index contributed by atoms with van der Waals surface area (Å²) in [4.78, 5) is 16.8. The molecule has 0 saturated carbocycles. The quantitative estimate of drug-likeness (QED) is 0.808. The first-order valence-electron chi connectivity index (χ1n) is 8.61. The van der Waals surface area contributed by atoms with Gasteiger partial charge in [-0.05, 0) is 36.6 Å². The van der Waals surface area contributed by atoms with Gasteiger partial charge in [-0.25, -0.2) is 0 Å². The van der Waals surface area contributed by atoms with Crippen molar-refractivity contribution in [3.8, 4) is 0 Å². The molecule has 0 unspecified atom stereocenters. The lowest BCUT2D eigenvalue weighted by atomic mass is 10.1. The van der Waals surface area contributed by atoms with Gasteiger partial charge in [-0.3, -0.25) is 9.78 Å². The van der Waals surface area contributed by atoms with Crippen molar-refractivity contribution in [3.05, 3.63) is 66.1 Å². The first-order chi connectivity index (χ1) is 12.2. The van der Waals surface area contributed by atoms with Gasteiger partial charge in [-0.2, -0.15) is 10.1 Å². The number of para-hydroxylation sites is 1. The van der Waals surface area contributed by atoms with Crippen LogP contribution in [-0.4, -0.2) is 16.6 Å². The van der Waals surface area contributed by atoms with E-state index in [4.69, 9.17) is 0 Å². The molecule has 5 heteroatoms. The number of hydrazone groups is 1. The standard InChI is InChI=1S/C20H22N4O/c1-3-7-19-17(14-22-18-9-6-5-8-15(18)4-2)20(25)24(23-19)16-10-12-21-13-11-16/h5-6,8-14,22H,3-4,7H2,1-2H3/b17-14-. The van der Waals surface area contributed by atoms with Crippen LogP contribution in [0.4, 0.5) is 11.4 Å². The average Bonchev–Trinajstić information content (AvgIpc) is 2.97. The third-order valence-corrected chi connectivity index (χ3v) is 4.12. The van der Waals surface area contributed by atoms with Crippen molar-refractivity contribution in [2.75, 3.05) is 10.3 Å². The maximum atomic E-state index is 12.8. The number of amides is 1. The average molecular weight is 334 g/mol. The maximum Gasteiger partial charge on any atom is 0.282 e. The number of anilines is 2. The third kappa shape index (κ3) is 3.60. The molecule has 128 valence electrons. The van der Waals surface area contributed by atoms with E-state index in [1.165, 1.54) is 10.6 Å². The number of hydrogen-bond acceptors (Lipinski definition) is 4. The van der Waals surface area contributed by atoms with Gasteiger partial charge in [0.15, 0.2) is 0 Å². The van der Waals surface area contributed by atoms with E-state index in [0.717, 1.165) is 36.3 Å². The summed E-state index contributed by atoms with van der Waals surface area (Å²) >= 11 is 0. The molecule has 0 atom stereocenters. The molecule has 3 rings (SSSR count). The molecule has 1 aliphatic heterocycles. The number of hydrogen-bond donors (Lipinski definition) is 1. The lowest BCUT2D eigenvalue weighted by molar-refractivity contribution is -0.114. The molecule has 0 aliphatic carbocycles. The summed E-state index contributed by atoms with van der Waals surface area (Å²) < 4.78 is 0. The highest BCUT2D eigenvalue weighted by Gasteiger charge is 2.30. The van der Waals surface area contributed by atoms with Crippen molar-refractivity contribution in [2.45, 2.75) is 33.1 Å². The Kier molecular flexibility index (Phi) is 5.23. The molecule has 0 saturated heterocycles. The van der Waals surface area contributed by atoms with Gasteiger partial charge in [0.05, 0.1) is 17.0 Å². The number of benzene rings is 1. The first-order valence-corrected chi connectivity index (χ1v) is 8.61. The Morgan fingerprint density at radius 3 is 2.60 bits per heavy atom. The van der Waals surface area contributed by atoms with E-state index in [1.807, 2.05) is 18.2 Å². The molecule has 0 fully saturated rings. The summed E-state index contributed by atoms with van der Waals surface area (Å²) in [5.74, 6) is -0.115. The molecule has 25 heavy (non-hydrogen) atoms. The summed E-state index contributed by atoms with van der Waals surface area (Å²) in [6, 6.07) is 11.7. The minimum absolute atomic E-state index is 0.115. The summed E-state index contributed by atoms with van der Waals surface area (Å²) in [6.07, 6.45) is 7.73. The second-order valence-electron chi connectivity index (χ2n) is 5.83. The summed E-state index contributed by atoms with van der Waals surface area (Å²) in [7, 11) is 0. The molecular formula is C20H22N4O. The molecular weight excluding hydrogens is 312 g/mol. The van der Waals surface area contributed by atoms with Crippen LogP contribution in [0.1, 0.15) is 32.3 Å². The highest BCUT2D eigenvalue weighted by molar-refractivity contribution is 6.30. The zero-order valence-electron chi connectivity index (χ0n) is 14.6. The number of nitrogens with one attached hydrogen (secondary N) is 1. The molecule has 5 nitrogen and oxygen atoms in total. The Morgan fingerprint density at radius 2 is 1.88 bits per heavy atom. The molecule has 1 aromatic heterocycles. The van der Waals surface area contributed by atoms with Gasteiger partial charge in [0.2, 0.25) is 0 Å². The zero-order valence-corrected chi connectivity index (χ0v) is 14.6. The second-order valence-corrected chi connectivity index (χ2v) is 5.83. The summed E-state index contributed by atoms with van der Waals surface area (Å²) in [5, 5.41) is 9.27. The van der Waals surface area contributed by atoms with Crippen LogP contribution in [0.5, 0.6) is 0 Å². The SMILES string of the molecule is CCCC1=NN(c2ccncc2)C(=O)/C1=C\Nc1ccccc1CC. The minimum atomic E-state index is -0.115. The van der Waals surface area contributed by atoms with E-state index in [0.29, 0.717) is 5.57 Å². The van der Waals surface area contributed by atoms with Crippen LogP contribution in [0.2, 0.25) is 0 Å². The summed E-state index contributed by atoms with van der Waals surface area (Å²) in [6.45, 7) is 4.20. The number of nitrogens with zero attached hydrogens (tertiary/aromatic N) is 3. The van der Waals surface area contributed by atoms with Crippen molar-refractivity contribution in [3.63, 3.8) is 0 Å². The van der Waals surface area contributed by atoms with E-state index < -0.39 is 0 Å². The van der Waals surface area contributed by atoms with E-state index in [9.17, 15) is 4.79 Å². The lowest BCUT2D eigenvalue weighted by Gasteiger charge is -2.11. The van der Waals surface area contributed by atoms with Crippen molar-refractivity contribution in [1.82, 2.24) is 4.98 Å². The fraction of sp³-hybridized carbons (Fsp3) is 0.250. The Bertz CT molecular complexity index is 811. The maximum absolute atomic E-state index is 12.8. The predicted octanol–water partition coefficient (Wildman–Crippen LogP) is 4.14. The monoisotopic (exact) mass is 334 g/mol. The number of aryl methyl sites for hydroxylation is 1. The van der Waals surface area contributed by atoms with Gasteiger partial charge in [0, 0.05) is 24.3 Å².